The summed E-state index contributed by atoms with van der Waals surface area (Å²) in [7, 11) is 0. The fraction of sp³-hybridized carbons (Fsp3) is 0.200. The second-order valence-electron chi connectivity index (χ2n) is 4.83. The topological polar surface area (TPSA) is 70.8 Å². The second-order valence-corrected chi connectivity index (χ2v) is 5.18. The lowest BCUT2D eigenvalue weighted by Gasteiger charge is -2.29. The third-order valence-corrected chi connectivity index (χ3v) is 3.92. The lowest BCUT2D eigenvalue weighted by Crippen LogP contribution is -2.36. The summed E-state index contributed by atoms with van der Waals surface area (Å²) in [5.41, 5.74) is 2.29. The molecule has 1 aliphatic heterocycles. The number of fused-ring (bicyclic) bond motifs is 1. The SMILES string of the molecule is O=C(O)c1cccc2c1CCN(C(=O)c1ccoc1Cl)C2. The number of carboxylic acids is 1. The van der Waals surface area contributed by atoms with Crippen molar-refractivity contribution in [2.24, 2.45) is 0 Å². The van der Waals surface area contributed by atoms with Crippen LogP contribution >= 0.6 is 11.6 Å². The lowest BCUT2D eigenvalue weighted by molar-refractivity contribution is 0.0694. The fourth-order valence-corrected chi connectivity index (χ4v) is 2.79. The molecule has 1 aromatic carbocycles. The van der Waals surface area contributed by atoms with Crippen LogP contribution in [0.4, 0.5) is 0 Å². The number of amides is 1. The molecule has 0 spiro atoms. The number of furan rings is 1. The van der Waals surface area contributed by atoms with E-state index >= 15 is 0 Å². The van der Waals surface area contributed by atoms with E-state index in [9.17, 15) is 14.7 Å². The van der Waals surface area contributed by atoms with Gasteiger partial charge in [-0.25, -0.2) is 4.79 Å². The Hall–Kier alpha value is -2.27. The first-order valence-corrected chi connectivity index (χ1v) is 6.82. The number of benzene rings is 1. The van der Waals surface area contributed by atoms with Gasteiger partial charge in [0.05, 0.1) is 17.4 Å². The van der Waals surface area contributed by atoms with Crippen molar-refractivity contribution in [3.63, 3.8) is 0 Å². The average molecular weight is 306 g/mol. The third kappa shape index (κ3) is 2.40. The number of hydrogen-bond donors (Lipinski definition) is 1. The van der Waals surface area contributed by atoms with Crippen molar-refractivity contribution >= 4 is 23.5 Å². The highest BCUT2D eigenvalue weighted by molar-refractivity contribution is 6.32. The molecule has 0 atom stereocenters. The number of aromatic carboxylic acids is 1. The van der Waals surface area contributed by atoms with Crippen LogP contribution in [0.25, 0.3) is 0 Å². The molecule has 0 unspecified atom stereocenters. The van der Waals surface area contributed by atoms with Gasteiger partial charge in [0.2, 0.25) is 5.22 Å². The van der Waals surface area contributed by atoms with Gasteiger partial charge < -0.3 is 14.4 Å². The Balaban J connectivity index is 1.89. The molecular weight excluding hydrogens is 294 g/mol. The van der Waals surface area contributed by atoms with E-state index < -0.39 is 5.97 Å². The molecule has 1 amide bonds. The highest BCUT2D eigenvalue weighted by Crippen LogP contribution is 2.26. The Kier molecular flexibility index (Phi) is 3.43. The Bertz CT molecular complexity index is 722. The maximum Gasteiger partial charge on any atom is 0.335 e. The summed E-state index contributed by atoms with van der Waals surface area (Å²) in [4.78, 5) is 25.2. The quantitative estimate of drug-likeness (QED) is 0.926. The van der Waals surface area contributed by atoms with Crippen LogP contribution in [-0.2, 0) is 13.0 Å². The van der Waals surface area contributed by atoms with Crippen molar-refractivity contribution in [1.82, 2.24) is 4.90 Å². The smallest absolute Gasteiger partial charge is 0.335 e. The van der Waals surface area contributed by atoms with Crippen LogP contribution in [0.5, 0.6) is 0 Å². The van der Waals surface area contributed by atoms with E-state index in [2.05, 4.69) is 0 Å². The number of rotatable bonds is 2. The zero-order valence-electron chi connectivity index (χ0n) is 11.0. The van der Waals surface area contributed by atoms with Crippen molar-refractivity contribution in [2.75, 3.05) is 6.54 Å². The van der Waals surface area contributed by atoms with Crippen LogP contribution < -0.4 is 0 Å². The second kappa shape index (κ2) is 5.26. The number of hydrogen-bond acceptors (Lipinski definition) is 3. The zero-order valence-corrected chi connectivity index (χ0v) is 11.8. The molecule has 21 heavy (non-hydrogen) atoms. The summed E-state index contributed by atoms with van der Waals surface area (Å²) in [6.07, 6.45) is 1.88. The van der Waals surface area contributed by atoms with Gasteiger partial charge in [0.15, 0.2) is 0 Å². The Morgan fingerprint density at radius 2 is 2.05 bits per heavy atom. The minimum Gasteiger partial charge on any atom is -0.478 e. The molecule has 5 nitrogen and oxygen atoms in total. The molecule has 3 rings (SSSR count). The molecule has 6 heteroatoms. The van der Waals surface area contributed by atoms with Crippen molar-refractivity contribution in [1.29, 1.82) is 0 Å². The maximum atomic E-state index is 12.4. The molecule has 0 fully saturated rings. The van der Waals surface area contributed by atoms with Gasteiger partial charge in [-0.15, -0.1) is 0 Å². The molecule has 2 heterocycles. The third-order valence-electron chi connectivity index (χ3n) is 3.63. The molecule has 1 aliphatic rings. The maximum absolute atomic E-state index is 12.4. The van der Waals surface area contributed by atoms with Crippen molar-refractivity contribution in [2.45, 2.75) is 13.0 Å². The summed E-state index contributed by atoms with van der Waals surface area (Å²) >= 11 is 5.83. The highest BCUT2D eigenvalue weighted by atomic mass is 35.5. The predicted molar refractivity (Wildman–Crippen MR) is 75.6 cm³/mol. The normalized spacial score (nSPS) is 13.9. The molecule has 1 N–H and O–H groups in total. The highest BCUT2D eigenvalue weighted by Gasteiger charge is 2.26. The predicted octanol–water partition coefficient (Wildman–Crippen LogP) is 2.83. The first-order valence-electron chi connectivity index (χ1n) is 6.44. The summed E-state index contributed by atoms with van der Waals surface area (Å²) in [5, 5.41) is 9.27. The van der Waals surface area contributed by atoms with Crippen molar-refractivity contribution < 1.29 is 19.1 Å². The molecule has 0 saturated carbocycles. The Labute approximate surface area is 125 Å². The summed E-state index contributed by atoms with van der Waals surface area (Å²) in [6.45, 7) is 0.828. The minimum absolute atomic E-state index is 0.0742. The van der Waals surface area contributed by atoms with E-state index in [0.717, 1.165) is 11.1 Å². The number of carbonyl (C=O) groups excluding carboxylic acids is 1. The van der Waals surface area contributed by atoms with E-state index in [1.54, 1.807) is 17.0 Å². The van der Waals surface area contributed by atoms with Gasteiger partial charge in [-0.2, -0.15) is 0 Å². The first-order chi connectivity index (χ1) is 10.1. The van der Waals surface area contributed by atoms with Crippen LogP contribution in [0.15, 0.2) is 34.9 Å². The van der Waals surface area contributed by atoms with E-state index in [4.69, 9.17) is 16.0 Å². The number of carboxylic acid groups (broad SMARTS) is 1. The lowest BCUT2D eigenvalue weighted by atomic mass is 9.94. The van der Waals surface area contributed by atoms with Crippen LogP contribution in [0.2, 0.25) is 5.22 Å². The molecular formula is C15H12ClNO4. The number of carbonyl (C=O) groups is 2. The van der Waals surface area contributed by atoms with Gasteiger partial charge in [0.1, 0.15) is 0 Å². The summed E-state index contributed by atoms with van der Waals surface area (Å²) < 4.78 is 4.94. The standard InChI is InChI=1S/C15H12ClNO4/c16-13-12(5-7-21-13)14(18)17-6-4-10-9(8-17)2-1-3-11(10)15(19)20/h1-3,5,7H,4,6,8H2,(H,19,20). The van der Waals surface area contributed by atoms with Crippen LogP contribution in [0, 0.1) is 0 Å². The Morgan fingerprint density at radius 3 is 2.71 bits per heavy atom. The van der Waals surface area contributed by atoms with Gasteiger partial charge in [0.25, 0.3) is 5.91 Å². The van der Waals surface area contributed by atoms with Crippen LogP contribution in [0.3, 0.4) is 0 Å². The summed E-state index contributed by atoms with van der Waals surface area (Å²) in [5.74, 6) is -1.15. The average Bonchev–Trinajstić information content (AvgIpc) is 2.91. The van der Waals surface area contributed by atoms with Crippen LogP contribution in [-0.4, -0.2) is 28.4 Å². The summed E-state index contributed by atoms with van der Waals surface area (Å²) in [6, 6.07) is 6.67. The van der Waals surface area contributed by atoms with Crippen molar-refractivity contribution in [3.8, 4) is 0 Å². The van der Waals surface area contributed by atoms with E-state index in [-0.39, 0.29) is 11.1 Å². The molecule has 0 radical (unpaired) electrons. The van der Waals surface area contributed by atoms with E-state index in [1.165, 1.54) is 12.3 Å². The monoisotopic (exact) mass is 305 g/mol. The number of nitrogens with zero attached hydrogens (tertiary/aromatic N) is 1. The first kappa shape index (κ1) is 13.7. The van der Waals surface area contributed by atoms with Gasteiger partial charge in [0, 0.05) is 13.1 Å². The molecule has 0 bridgehead atoms. The van der Waals surface area contributed by atoms with Gasteiger partial charge in [-0.3, -0.25) is 4.79 Å². The molecule has 0 saturated heterocycles. The molecule has 2 aromatic rings. The molecule has 108 valence electrons. The number of halogens is 1. The minimum atomic E-state index is -0.940. The zero-order chi connectivity index (χ0) is 15.0. The van der Waals surface area contributed by atoms with E-state index in [1.807, 2.05) is 6.07 Å². The van der Waals surface area contributed by atoms with Gasteiger partial charge in [-0.1, -0.05) is 12.1 Å². The van der Waals surface area contributed by atoms with E-state index in [0.29, 0.717) is 30.6 Å². The van der Waals surface area contributed by atoms with Gasteiger partial charge >= 0.3 is 5.97 Å². The van der Waals surface area contributed by atoms with Gasteiger partial charge in [-0.05, 0) is 41.3 Å². The fourth-order valence-electron chi connectivity index (χ4n) is 2.60. The Morgan fingerprint density at radius 1 is 1.24 bits per heavy atom. The molecule has 0 aliphatic carbocycles. The van der Waals surface area contributed by atoms with Crippen molar-refractivity contribution in [3.05, 3.63) is 58.0 Å². The largest absolute Gasteiger partial charge is 0.478 e. The molecule has 1 aromatic heterocycles. The van der Waals surface area contributed by atoms with Crippen LogP contribution in [0.1, 0.15) is 31.8 Å².